The Morgan fingerprint density at radius 3 is 2.29 bits per heavy atom. The molecule has 5 heteroatoms. The van der Waals surface area contributed by atoms with Crippen LogP contribution in [0.15, 0.2) is 42.5 Å². The number of rotatable bonds is 5. The van der Waals surface area contributed by atoms with Gasteiger partial charge in [-0.2, -0.15) is 0 Å². The first kappa shape index (κ1) is 14.6. The molecule has 0 fully saturated rings. The summed E-state index contributed by atoms with van der Waals surface area (Å²) in [7, 11) is 0. The molecule has 0 aliphatic carbocycles. The third kappa shape index (κ3) is 3.20. The zero-order valence-electron chi connectivity index (χ0n) is 11.6. The highest BCUT2D eigenvalue weighted by Crippen LogP contribution is 2.31. The van der Waals surface area contributed by atoms with Gasteiger partial charge in [0.15, 0.2) is 0 Å². The van der Waals surface area contributed by atoms with Crippen molar-refractivity contribution < 1.29 is 14.3 Å². The molecule has 21 heavy (non-hydrogen) atoms. The molecule has 0 atom stereocenters. The molecule has 2 amide bonds. The minimum atomic E-state index is -0.523. The van der Waals surface area contributed by atoms with Crippen LogP contribution >= 0.6 is 0 Å². The summed E-state index contributed by atoms with van der Waals surface area (Å²) in [5, 5.41) is 0. The van der Waals surface area contributed by atoms with Crippen LogP contribution in [0.4, 0.5) is 0 Å². The van der Waals surface area contributed by atoms with Crippen molar-refractivity contribution in [2.24, 2.45) is 11.5 Å². The molecule has 0 unspecified atom stereocenters. The molecule has 5 nitrogen and oxygen atoms in total. The molecular weight excluding hydrogens is 268 g/mol. The standard InChI is InChI=1S/C16H16N2O3/c1-2-21-14-7-6-12(16(18)20)9-13(14)10-4-3-5-11(8-10)15(17)19/h3-9H,2H2,1H3,(H2,17,19)(H2,18,20). The van der Waals surface area contributed by atoms with E-state index < -0.39 is 11.8 Å². The number of ether oxygens (including phenoxy) is 1. The molecule has 2 rings (SSSR count). The van der Waals surface area contributed by atoms with E-state index in [1.807, 2.05) is 13.0 Å². The Hall–Kier alpha value is -2.82. The maximum Gasteiger partial charge on any atom is 0.248 e. The second kappa shape index (κ2) is 6.09. The molecule has 0 aliphatic rings. The first-order valence-electron chi connectivity index (χ1n) is 6.49. The van der Waals surface area contributed by atoms with E-state index in [-0.39, 0.29) is 0 Å². The molecule has 108 valence electrons. The minimum Gasteiger partial charge on any atom is -0.493 e. The van der Waals surface area contributed by atoms with Gasteiger partial charge < -0.3 is 16.2 Å². The number of amides is 2. The third-order valence-corrected chi connectivity index (χ3v) is 3.02. The topological polar surface area (TPSA) is 95.4 Å². The number of primary amides is 2. The number of hydrogen-bond donors (Lipinski definition) is 2. The summed E-state index contributed by atoms with van der Waals surface area (Å²) in [6, 6.07) is 11.8. The van der Waals surface area contributed by atoms with Crippen molar-refractivity contribution in [3.8, 4) is 16.9 Å². The van der Waals surface area contributed by atoms with E-state index in [2.05, 4.69) is 0 Å². The smallest absolute Gasteiger partial charge is 0.248 e. The highest BCUT2D eigenvalue weighted by molar-refractivity contribution is 5.96. The molecule has 0 aliphatic heterocycles. The molecule has 4 N–H and O–H groups in total. The quantitative estimate of drug-likeness (QED) is 0.878. The van der Waals surface area contributed by atoms with Crippen LogP contribution in [0.3, 0.4) is 0 Å². The molecule has 0 saturated heterocycles. The van der Waals surface area contributed by atoms with Gasteiger partial charge in [-0.05, 0) is 42.8 Å². The van der Waals surface area contributed by atoms with Crippen molar-refractivity contribution in [2.75, 3.05) is 6.61 Å². The zero-order valence-corrected chi connectivity index (χ0v) is 11.6. The van der Waals surface area contributed by atoms with Crippen LogP contribution in [-0.4, -0.2) is 18.4 Å². The molecule has 0 aromatic heterocycles. The van der Waals surface area contributed by atoms with Gasteiger partial charge in [0.1, 0.15) is 5.75 Å². The summed E-state index contributed by atoms with van der Waals surface area (Å²) in [6.07, 6.45) is 0. The Morgan fingerprint density at radius 1 is 1.00 bits per heavy atom. The molecule has 2 aromatic carbocycles. The second-order valence-corrected chi connectivity index (χ2v) is 4.45. The van der Waals surface area contributed by atoms with E-state index in [4.69, 9.17) is 16.2 Å². The van der Waals surface area contributed by atoms with Gasteiger partial charge in [-0.15, -0.1) is 0 Å². The van der Waals surface area contributed by atoms with Crippen LogP contribution in [0.2, 0.25) is 0 Å². The lowest BCUT2D eigenvalue weighted by atomic mass is 9.99. The van der Waals surface area contributed by atoms with Gasteiger partial charge in [-0.3, -0.25) is 9.59 Å². The summed E-state index contributed by atoms with van der Waals surface area (Å²) < 4.78 is 5.56. The fourth-order valence-electron chi connectivity index (χ4n) is 2.03. The van der Waals surface area contributed by atoms with Crippen molar-refractivity contribution in [1.29, 1.82) is 0 Å². The van der Waals surface area contributed by atoms with Gasteiger partial charge in [0, 0.05) is 16.7 Å². The van der Waals surface area contributed by atoms with Crippen LogP contribution in [0.1, 0.15) is 27.6 Å². The summed E-state index contributed by atoms with van der Waals surface area (Å²) in [6.45, 7) is 2.35. The average Bonchev–Trinajstić information content (AvgIpc) is 2.48. The molecule has 2 aromatic rings. The van der Waals surface area contributed by atoms with Gasteiger partial charge in [0.25, 0.3) is 0 Å². The molecule has 0 radical (unpaired) electrons. The number of nitrogens with two attached hydrogens (primary N) is 2. The summed E-state index contributed by atoms with van der Waals surface area (Å²) in [5.74, 6) is -0.421. The van der Waals surface area contributed by atoms with E-state index >= 15 is 0 Å². The number of hydrogen-bond acceptors (Lipinski definition) is 3. The van der Waals surface area contributed by atoms with Gasteiger partial charge in [0.05, 0.1) is 6.61 Å². The van der Waals surface area contributed by atoms with Crippen molar-refractivity contribution in [3.63, 3.8) is 0 Å². The highest BCUT2D eigenvalue weighted by atomic mass is 16.5. The number of carbonyl (C=O) groups is 2. The lowest BCUT2D eigenvalue weighted by Crippen LogP contribution is -2.12. The highest BCUT2D eigenvalue weighted by Gasteiger charge is 2.11. The summed E-state index contributed by atoms with van der Waals surface area (Å²) in [5.41, 5.74) is 12.8. The first-order chi connectivity index (χ1) is 10.0. The first-order valence-corrected chi connectivity index (χ1v) is 6.49. The van der Waals surface area contributed by atoms with Gasteiger partial charge >= 0.3 is 0 Å². The van der Waals surface area contributed by atoms with E-state index in [0.29, 0.717) is 29.0 Å². The molecule has 0 spiro atoms. The molecule has 0 bridgehead atoms. The van der Waals surface area contributed by atoms with Crippen molar-refractivity contribution >= 4 is 11.8 Å². The van der Waals surface area contributed by atoms with Gasteiger partial charge in [-0.25, -0.2) is 0 Å². The van der Waals surface area contributed by atoms with Crippen molar-refractivity contribution in [3.05, 3.63) is 53.6 Å². The van der Waals surface area contributed by atoms with Crippen LogP contribution in [0, 0.1) is 0 Å². The zero-order chi connectivity index (χ0) is 15.4. The predicted octanol–water partition coefficient (Wildman–Crippen LogP) is 1.95. The summed E-state index contributed by atoms with van der Waals surface area (Å²) >= 11 is 0. The molecule has 0 heterocycles. The Kier molecular flexibility index (Phi) is 4.23. The lowest BCUT2D eigenvalue weighted by molar-refractivity contribution is 0.0991. The summed E-state index contributed by atoms with van der Waals surface area (Å²) in [4.78, 5) is 22.6. The van der Waals surface area contributed by atoms with Gasteiger partial charge in [0.2, 0.25) is 11.8 Å². The van der Waals surface area contributed by atoms with Crippen LogP contribution in [0.25, 0.3) is 11.1 Å². The fraction of sp³-hybridized carbons (Fsp3) is 0.125. The normalized spacial score (nSPS) is 10.1. The van der Waals surface area contributed by atoms with E-state index in [0.717, 1.165) is 5.56 Å². The second-order valence-electron chi connectivity index (χ2n) is 4.45. The largest absolute Gasteiger partial charge is 0.493 e. The third-order valence-electron chi connectivity index (χ3n) is 3.02. The predicted molar refractivity (Wildman–Crippen MR) is 80.1 cm³/mol. The Bertz CT molecular complexity index is 696. The van der Waals surface area contributed by atoms with Crippen LogP contribution in [0.5, 0.6) is 5.75 Å². The SMILES string of the molecule is CCOc1ccc(C(N)=O)cc1-c1cccc(C(N)=O)c1. The van der Waals surface area contributed by atoms with Crippen LogP contribution in [-0.2, 0) is 0 Å². The molecular formula is C16H16N2O3. The Morgan fingerprint density at radius 2 is 1.67 bits per heavy atom. The Labute approximate surface area is 122 Å². The lowest BCUT2D eigenvalue weighted by Gasteiger charge is -2.12. The molecule has 0 saturated carbocycles. The van der Waals surface area contributed by atoms with Crippen molar-refractivity contribution in [2.45, 2.75) is 6.92 Å². The Balaban J connectivity index is 2.59. The van der Waals surface area contributed by atoms with E-state index in [1.165, 1.54) is 0 Å². The maximum absolute atomic E-state index is 11.3. The van der Waals surface area contributed by atoms with Crippen LogP contribution < -0.4 is 16.2 Å². The maximum atomic E-state index is 11.3. The minimum absolute atomic E-state index is 0.373. The number of benzene rings is 2. The van der Waals surface area contributed by atoms with Crippen molar-refractivity contribution in [1.82, 2.24) is 0 Å². The van der Waals surface area contributed by atoms with E-state index in [1.54, 1.807) is 36.4 Å². The average molecular weight is 284 g/mol. The van der Waals surface area contributed by atoms with E-state index in [9.17, 15) is 9.59 Å². The monoisotopic (exact) mass is 284 g/mol. The number of carbonyl (C=O) groups excluding carboxylic acids is 2. The van der Waals surface area contributed by atoms with Gasteiger partial charge in [-0.1, -0.05) is 12.1 Å². The fourth-order valence-corrected chi connectivity index (χ4v) is 2.03.